The molecular formula is C19H24N2O4S. The van der Waals surface area contributed by atoms with Crippen molar-refractivity contribution in [2.45, 2.75) is 57.6 Å². The number of anilines is 1. The van der Waals surface area contributed by atoms with Crippen LogP contribution in [0.5, 0.6) is 0 Å². The van der Waals surface area contributed by atoms with E-state index < -0.39 is 18.1 Å². The quantitative estimate of drug-likeness (QED) is 0.818. The zero-order valence-corrected chi connectivity index (χ0v) is 16.3. The lowest BCUT2D eigenvalue weighted by Crippen LogP contribution is -2.48. The lowest BCUT2D eigenvalue weighted by molar-refractivity contribution is -0.160. The third kappa shape index (κ3) is 3.45. The molecule has 26 heavy (non-hydrogen) atoms. The fourth-order valence-corrected chi connectivity index (χ4v) is 4.82. The first-order valence-electron chi connectivity index (χ1n) is 8.76. The molecule has 2 fully saturated rings. The molecule has 0 aromatic heterocycles. The van der Waals surface area contributed by atoms with Crippen LogP contribution in [0.2, 0.25) is 0 Å². The van der Waals surface area contributed by atoms with E-state index in [1.165, 1.54) is 0 Å². The van der Waals surface area contributed by atoms with Crippen molar-refractivity contribution in [1.82, 2.24) is 4.90 Å². The highest BCUT2D eigenvalue weighted by atomic mass is 32.2. The lowest BCUT2D eigenvalue weighted by atomic mass is 10.1. The molecular weight excluding hydrogens is 352 g/mol. The fourth-order valence-electron chi connectivity index (χ4n) is 3.41. The van der Waals surface area contributed by atoms with Gasteiger partial charge in [0.05, 0.1) is 4.87 Å². The average molecular weight is 376 g/mol. The Bertz CT molecular complexity index is 766. The van der Waals surface area contributed by atoms with Crippen molar-refractivity contribution < 1.29 is 19.1 Å². The van der Waals surface area contributed by atoms with Gasteiger partial charge in [0.1, 0.15) is 6.04 Å². The molecule has 1 N–H and O–H groups in total. The van der Waals surface area contributed by atoms with Gasteiger partial charge in [-0.05, 0) is 51.3 Å². The average Bonchev–Trinajstić information content (AvgIpc) is 3.07. The number of carbonyl (C=O) groups excluding carboxylic acids is 3. The van der Waals surface area contributed by atoms with Crippen LogP contribution >= 0.6 is 11.8 Å². The SMILES string of the molecule is Cc1ccc(C)c(NC(=O)[C@@H](C)OC(=O)[C@@H]2CS[C@@]3(C)CCC(=O)N23)c1. The van der Waals surface area contributed by atoms with Crippen molar-refractivity contribution >= 4 is 35.2 Å². The molecule has 1 aromatic carbocycles. The second-order valence-corrected chi connectivity index (χ2v) is 8.65. The zero-order chi connectivity index (χ0) is 19.1. The molecule has 2 aliphatic rings. The predicted molar refractivity (Wildman–Crippen MR) is 101 cm³/mol. The minimum absolute atomic E-state index is 0.0214. The van der Waals surface area contributed by atoms with Gasteiger partial charge in [-0.2, -0.15) is 0 Å². The van der Waals surface area contributed by atoms with Crippen molar-refractivity contribution in [3.05, 3.63) is 29.3 Å². The van der Waals surface area contributed by atoms with E-state index >= 15 is 0 Å². The monoisotopic (exact) mass is 376 g/mol. The fraction of sp³-hybridized carbons (Fsp3) is 0.526. The highest BCUT2D eigenvalue weighted by Gasteiger charge is 2.53. The number of nitrogens with zero attached hydrogens (tertiary/aromatic N) is 1. The van der Waals surface area contributed by atoms with Crippen LogP contribution in [0.3, 0.4) is 0 Å². The highest BCUT2D eigenvalue weighted by Crippen LogP contribution is 2.47. The lowest BCUT2D eigenvalue weighted by Gasteiger charge is -2.29. The number of carbonyl (C=O) groups is 3. The first-order chi connectivity index (χ1) is 12.2. The van der Waals surface area contributed by atoms with Crippen LogP contribution in [-0.4, -0.2) is 45.5 Å². The maximum Gasteiger partial charge on any atom is 0.330 e. The Morgan fingerprint density at radius 2 is 2.12 bits per heavy atom. The third-order valence-electron chi connectivity index (χ3n) is 5.03. The Hall–Kier alpha value is -2.02. The van der Waals surface area contributed by atoms with Crippen molar-refractivity contribution in [3.8, 4) is 0 Å². The molecule has 0 aliphatic carbocycles. The van der Waals surface area contributed by atoms with E-state index in [1.807, 2.05) is 39.0 Å². The second kappa shape index (κ2) is 6.95. The summed E-state index contributed by atoms with van der Waals surface area (Å²) in [5.74, 6) is -0.410. The van der Waals surface area contributed by atoms with E-state index in [2.05, 4.69) is 5.32 Å². The first-order valence-corrected chi connectivity index (χ1v) is 9.74. The molecule has 0 saturated carbocycles. The van der Waals surface area contributed by atoms with Crippen LogP contribution in [0.25, 0.3) is 0 Å². The number of hydrogen-bond acceptors (Lipinski definition) is 5. The van der Waals surface area contributed by atoms with Gasteiger partial charge in [0.25, 0.3) is 5.91 Å². The number of aryl methyl sites for hydroxylation is 2. The van der Waals surface area contributed by atoms with E-state index in [9.17, 15) is 14.4 Å². The van der Waals surface area contributed by atoms with E-state index in [1.54, 1.807) is 23.6 Å². The summed E-state index contributed by atoms with van der Waals surface area (Å²) in [6.45, 7) is 7.37. The molecule has 140 valence electrons. The molecule has 2 aliphatic heterocycles. The van der Waals surface area contributed by atoms with Crippen LogP contribution in [-0.2, 0) is 19.1 Å². The summed E-state index contributed by atoms with van der Waals surface area (Å²) in [5.41, 5.74) is 2.68. The molecule has 0 unspecified atom stereocenters. The van der Waals surface area contributed by atoms with E-state index in [-0.39, 0.29) is 16.7 Å². The topological polar surface area (TPSA) is 75.7 Å². The summed E-state index contributed by atoms with van der Waals surface area (Å²) in [6, 6.07) is 5.16. The standard InChI is InChI=1S/C19H24N2O4S/c1-11-5-6-12(2)14(9-11)20-17(23)13(3)25-18(24)15-10-26-19(4)8-7-16(22)21(15)19/h5-6,9,13,15H,7-8,10H2,1-4H3,(H,20,23)/t13-,15+,19+/m1/s1. The summed E-state index contributed by atoms with van der Waals surface area (Å²) < 4.78 is 5.38. The number of thioether (sulfide) groups is 1. The Labute approximate surface area is 157 Å². The first kappa shape index (κ1) is 18.8. The number of hydrogen-bond donors (Lipinski definition) is 1. The zero-order valence-electron chi connectivity index (χ0n) is 15.5. The number of benzene rings is 1. The number of fused-ring (bicyclic) bond motifs is 1. The number of amides is 2. The molecule has 3 rings (SSSR count). The second-order valence-electron chi connectivity index (χ2n) is 7.15. The van der Waals surface area contributed by atoms with E-state index in [0.29, 0.717) is 17.9 Å². The number of nitrogens with one attached hydrogen (secondary N) is 1. The van der Waals surface area contributed by atoms with Crippen molar-refractivity contribution in [2.24, 2.45) is 0 Å². The summed E-state index contributed by atoms with van der Waals surface area (Å²) in [7, 11) is 0. The number of ether oxygens (including phenoxy) is 1. The molecule has 2 heterocycles. The van der Waals surface area contributed by atoms with Crippen molar-refractivity contribution in [3.63, 3.8) is 0 Å². The molecule has 2 saturated heterocycles. The molecule has 7 heteroatoms. The summed E-state index contributed by atoms with van der Waals surface area (Å²) in [4.78, 5) is 38.4. The van der Waals surface area contributed by atoms with Gasteiger partial charge in [0, 0.05) is 17.9 Å². The van der Waals surface area contributed by atoms with Gasteiger partial charge in [0.2, 0.25) is 5.91 Å². The Morgan fingerprint density at radius 1 is 1.38 bits per heavy atom. The summed E-state index contributed by atoms with van der Waals surface area (Å²) in [6.07, 6.45) is 0.260. The van der Waals surface area contributed by atoms with Crippen LogP contribution in [0.4, 0.5) is 5.69 Å². The maximum absolute atomic E-state index is 12.6. The van der Waals surface area contributed by atoms with Crippen LogP contribution in [0, 0.1) is 13.8 Å². The maximum atomic E-state index is 12.6. The molecule has 6 nitrogen and oxygen atoms in total. The predicted octanol–water partition coefficient (Wildman–Crippen LogP) is 2.63. The van der Waals surface area contributed by atoms with Gasteiger partial charge in [-0.3, -0.25) is 9.59 Å². The van der Waals surface area contributed by atoms with Crippen LogP contribution in [0.15, 0.2) is 18.2 Å². The molecule has 3 atom stereocenters. The minimum atomic E-state index is -0.933. The third-order valence-corrected chi connectivity index (χ3v) is 6.54. The van der Waals surface area contributed by atoms with Gasteiger partial charge in [-0.1, -0.05) is 12.1 Å². The van der Waals surface area contributed by atoms with E-state index in [0.717, 1.165) is 17.5 Å². The number of esters is 1. The molecule has 0 radical (unpaired) electrons. The number of rotatable bonds is 4. The van der Waals surface area contributed by atoms with Crippen molar-refractivity contribution in [1.29, 1.82) is 0 Å². The Morgan fingerprint density at radius 3 is 2.85 bits per heavy atom. The van der Waals surface area contributed by atoms with E-state index in [4.69, 9.17) is 4.74 Å². The van der Waals surface area contributed by atoms with Gasteiger partial charge >= 0.3 is 5.97 Å². The van der Waals surface area contributed by atoms with Crippen LogP contribution < -0.4 is 5.32 Å². The van der Waals surface area contributed by atoms with Gasteiger partial charge in [-0.25, -0.2) is 4.79 Å². The van der Waals surface area contributed by atoms with Gasteiger partial charge < -0.3 is 15.0 Å². The highest BCUT2D eigenvalue weighted by molar-refractivity contribution is 8.01. The normalized spacial score (nSPS) is 25.8. The minimum Gasteiger partial charge on any atom is -0.451 e. The molecule has 0 bridgehead atoms. The molecule has 0 spiro atoms. The Balaban J connectivity index is 1.63. The van der Waals surface area contributed by atoms with Gasteiger partial charge in [0.15, 0.2) is 6.10 Å². The largest absolute Gasteiger partial charge is 0.451 e. The summed E-state index contributed by atoms with van der Waals surface area (Å²) in [5, 5.41) is 2.81. The smallest absolute Gasteiger partial charge is 0.330 e. The van der Waals surface area contributed by atoms with Crippen LogP contribution in [0.1, 0.15) is 37.8 Å². The van der Waals surface area contributed by atoms with Gasteiger partial charge in [-0.15, -0.1) is 11.8 Å². The summed E-state index contributed by atoms with van der Waals surface area (Å²) >= 11 is 1.60. The van der Waals surface area contributed by atoms with Crippen molar-refractivity contribution in [2.75, 3.05) is 11.1 Å². The molecule has 2 amide bonds. The molecule has 1 aromatic rings. The Kier molecular flexibility index (Phi) is 5.01.